The molecule has 1 atom stereocenters. The summed E-state index contributed by atoms with van der Waals surface area (Å²) in [5, 5.41) is 5.70. The van der Waals surface area contributed by atoms with Crippen molar-refractivity contribution >= 4 is 39.1 Å². The predicted molar refractivity (Wildman–Crippen MR) is 48.3 cm³/mol. The minimum atomic E-state index is -2.08. The Hall–Kier alpha value is -0.620. The molecule has 0 aliphatic carbocycles. The monoisotopic (exact) mass is 270 g/mol. The topological polar surface area (TPSA) is 55.1 Å². The standard InChI is InChI=1S/C6H5BrClFN2O2/c1-2-3(4(7)11-13-2)10-6(12)5(8)9/h5H,1H3,(H,10,12). The number of hydrogen-bond acceptors (Lipinski definition) is 3. The molecule has 0 spiro atoms. The van der Waals surface area contributed by atoms with Crippen molar-refractivity contribution in [1.29, 1.82) is 0 Å². The summed E-state index contributed by atoms with van der Waals surface area (Å²) in [6.45, 7) is 1.58. The Morgan fingerprint density at radius 1 is 1.85 bits per heavy atom. The fourth-order valence-corrected chi connectivity index (χ4v) is 1.17. The van der Waals surface area contributed by atoms with Crippen LogP contribution in [0.4, 0.5) is 10.1 Å². The number of carbonyl (C=O) groups is 1. The van der Waals surface area contributed by atoms with Crippen molar-refractivity contribution in [3.63, 3.8) is 0 Å². The average Bonchev–Trinajstić information content (AvgIpc) is 2.35. The number of carbonyl (C=O) groups excluding carboxylic acids is 1. The molecule has 0 aliphatic rings. The molecule has 4 nitrogen and oxygen atoms in total. The third-order valence-corrected chi connectivity index (χ3v) is 2.01. The van der Waals surface area contributed by atoms with Crippen molar-refractivity contribution < 1.29 is 13.7 Å². The zero-order chi connectivity index (χ0) is 10.0. The average molecular weight is 271 g/mol. The van der Waals surface area contributed by atoms with Crippen LogP contribution in [0.15, 0.2) is 9.13 Å². The molecule has 0 radical (unpaired) electrons. The van der Waals surface area contributed by atoms with Gasteiger partial charge in [0, 0.05) is 0 Å². The maximum absolute atomic E-state index is 12.2. The van der Waals surface area contributed by atoms with Gasteiger partial charge < -0.3 is 9.84 Å². The van der Waals surface area contributed by atoms with Gasteiger partial charge in [0.05, 0.1) is 0 Å². The summed E-state index contributed by atoms with van der Waals surface area (Å²) >= 11 is 7.91. The van der Waals surface area contributed by atoms with E-state index in [1.54, 1.807) is 6.92 Å². The van der Waals surface area contributed by atoms with E-state index in [2.05, 4.69) is 26.4 Å². The first-order chi connectivity index (χ1) is 6.02. The van der Waals surface area contributed by atoms with Crippen LogP contribution in [0.1, 0.15) is 5.76 Å². The van der Waals surface area contributed by atoms with Crippen molar-refractivity contribution in [1.82, 2.24) is 5.16 Å². The number of nitrogens with zero attached hydrogens (tertiary/aromatic N) is 1. The van der Waals surface area contributed by atoms with E-state index in [1.807, 2.05) is 0 Å². The summed E-state index contributed by atoms with van der Waals surface area (Å²) in [5.41, 5.74) is -1.80. The van der Waals surface area contributed by atoms with Crippen LogP contribution >= 0.6 is 27.5 Å². The lowest BCUT2D eigenvalue weighted by Gasteiger charge is -2.01. The second-order valence-corrected chi connectivity index (χ2v) is 3.33. The molecule has 0 aliphatic heterocycles. The van der Waals surface area contributed by atoms with Crippen LogP contribution < -0.4 is 5.32 Å². The first-order valence-corrected chi connectivity index (χ1v) is 4.46. The molecule has 1 aromatic heterocycles. The fraction of sp³-hybridized carbons (Fsp3) is 0.333. The molecule has 0 saturated heterocycles. The summed E-state index contributed by atoms with van der Waals surface area (Å²) in [6, 6.07) is 0. The third kappa shape index (κ3) is 2.41. The normalized spacial score (nSPS) is 12.6. The number of nitrogens with one attached hydrogen (secondary N) is 1. The molecule has 1 N–H and O–H groups in total. The summed E-state index contributed by atoms with van der Waals surface area (Å²) in [6.07, 6.45) is 0. The van der Waals surface area contributed by atoms with E-state index < -0.39 is 11.5 Å². The van der Waals surface area contributed by atoms with Crippen LogP contribution in [0.5, 0.6) is 0 Å². The van der Waals surface area contributed by atoms with Gasteiger partial charge >= 0.3 is 0 Å². The Morgan fingerprint density at radius 3 is 2.85 bits per heavy atom. The molecule has 1 heterocycles. The lowest BCUT2D eigenvalue weighted by atomic mass is 10.4. The van der Waals surface area contributed by atoms with Gasteiger partial charge in [0.2, 0.25) is 0 Å². The van der Waals surface area contributed by atoms with E-state index in [4.69, 9.17) is 16.1 Å². The highest BCUT2D eigenvalue weighted by Gasteiger charge is 2.18. The fourth-order valence-electron chi connectivity index (χ4n) is 0.662. The Balaban J connectivity index is 2.79. The van der Waals surface area contributed by atoms with Gasteiger partial charge in [-0.15, -0.1) is 0 Å². The molecule has 0 bridgehead atoms. The van der Waals surface area contributed by atoms with Crippen molar-refractivity contribution in [2.24, 2.45) is 0 Å². The highest BCUT2D eigenvalue weighted by molar-refractivity contribution is 9.10. The summed E-state index contributed by atoms with van der Waals surface area (Å²) in [4.78, 5) is 10.8. The highest BCUT2D eigenvalue weighted by Crippen LogP contribution is 2.25. The van der Waals surface area contributed by atoms with Gasteiger partial charge in [-0.25, -0.2) is 4.39 Å². The smallest absolute Gasteiger partial charge is 0.274 e. The van der Waals surface area contributed by atoms with Crippen LogP contribution in [0.2, 0.25) is 0 Å². The van der Waals surface area contributed by atoms with E-state index in [-0.39, 0.29) is 5.69 Å². The number of hydrogen-bond donors (Lipinski definition) is 1. The molecule has 72 valence electrons. The van der Waals surface area contributed by atoms with Gasteiger partial charge in [-0.1, -0.05) is 16.8 Å². The Bertz CT molecular complexity index is 309. The van der Waals surface area contributed by atoms with Crippen LogP contribution in [0, 0.1) is 6.92 Å². The quantitative estimate of drug-likeness (QED) is 0.839. The molecular weight excluding hydrogens is 266 g/mol. The van der Waals surface area contributed by atoms with Gasteiger partial charge in [-0.05, 0) is 22.9 Å². The van der Waals surface area contributed by atoms with E-state index >= 15 is 0 Å². The summed E-state index contributed by atoms with van der Waals surface area (Å²) < 4.78 is 17.2. The SMILES string of the molecule is Cc1onc(Br)c1NC(=O)C(F)Cl. The number of amides is 1. The lowest BCUT2D eigenvalue weighted by molar-refractivity contribution is -0.118. The van der Waals surface area contributed by atoms with Crippen molar-refractivity contribution in [2.75, 3.05) is 5.32 Å². The van der Waals surface area contributed by atoms with Gasteiger partial charge in [0.25, 0.3) is 11.5 Å². The van der Waals surface area contributed by atoms with Crippen molar-refractivity contribution in [3.05, 3.63) is 10.4 Å². The van der Waals surface area contributed by atoms with Crippen molar-refractivity contribution in [2.45, 2.75) is 12.6 Å². The lowest BCUT2D eigenvalue weighted by Crippen LogP contribution is -2.19. The molecular formula is C6H5BrClFN2O2. The highest BCUT2D eigenvalue weighted by atomic mass is 79.9. The predicted octanol–water partition coefficient (Wildman–Crippen LogP) is 2.22. The first kappa shape index (κ1) is 10.5. The molecule has 1 rings (SSSR count). The van der Waals surface area contributed by atoms with Gasteiger partial charge in [0.15, 0.2) is 10.4 Å². The Morgan fingerprint density at radius 2 is 2.46 bits per heavy atom. The van der Waals surface area contributed by atoms with E-state index in [0.29, 0.717) is 10.4 Å². The molecule has 7 heteroatoms. The zero-order valence-electron chi connectivity index (χ0n) is 6.47. The van der Waals surface area contributed by atoms with E-state index in [1.165, 1.54) is 0 Å². The maximum Gasteiger partial charge on any atom is 0.274 e. The van der Waals surface area contributed by atoms with Gasteiger partial charge in [0.1, 0.15) is 5.69 Å². The first-order valence-electron chi connectivity index (χ1n) is 3.23. The van der Waals surface area contributed by atoms with Crippen LogP contribution in [-0.4, -0.2) is 16.7 Å². The van der Waals surface area contributed by atoms with E-state index in [9.17, 15) is 9.18 Å². The van der Waals surface area contributed by atoms with Crippen LogP contribution in [0.25, 0.3) is 0 Å². The maximum atomic E-state index is 12.2. The van der Waals surface area contributed by atoms with E-state index in [0.717, 1.165) is 0 Å². The number of aryl methyl sites for hydroxylation is 1. The third-order valence-electron chi connectivity index (χ3n) is 1.27. The number of rotatable bonds is 2. The minimum absolute atomic E-state index is 0.285. The Kier molecular flexibility index (Phi) is 3.27. The number of aromatic nitrogens is 1. The molecule has 1 aromatic rings. The second kappa shape index (κ2) is 4.06. The summed E-state index contributed by atoms with van der Waals surface area (Å²) in [7, 11) is 0. The molecule has 0 aromatic carbocycles. The molecule has 1 unspecified atom stereocenters. The number of anilines is 1. The molecule has 1 amide bonds. The molecule has 0 fully saturated rings. The number of alkyl halides is 2. The number of halogens is 3. The van der Waals surface area contributed by atoms with Crippen LogP contribution in [-0.2, 0) is 4.79 Å². The van der Waals surface area contributed by atoms with Gasteiger partial charge in [-0.3, -0.25) is 4.79 Å². The van der Waals surface area contributed by atoms with Crippen LogP contribution in [0.3, 0.4) is 0 Å². The largest absolute Gasteiger partial charge is 0.358 e. The second-order valence-electron chi connectivity index (χ2n) is 2.19. The van der Waals surface area contributed by atoms with Crippen molar-refractivity contribution in [3.8, 4) is 0 Å². The minimum Gasteiger partial charge on any atom is -0.358 e. The summed E-state index contributed by atoms with van der Waals surface area (Å²) in [5.74, 6) is -0.578. The van der Waals surface area contributed by atoms with Gasteiger partial charge in [-0.2, -0.15) is 0 Å². The molecule has 0 saturated carbocycles. The zero-order valence-corrected chi connectivity index (χ0v) is 8.82. The Labute approximate surface area is 86.5 Å². The molecule has 13 heavy (non-hydrogen) atoms.